The average Bonchev–Trinajstić information content (AvgIpc) is 2.54. The van der Waals surface area contributed by atoms with Crippen molar-refractivity contribution in [3.05, 3.63) is 28.2 Å². The van der Waals surface area contributed by atoms with E-state index < -0.39 is 0 Å². The fourth-order valence-electron chi connectivity index (χ4n) is 2.82. The van der Waals surface area contributed by atoms with Crippen molar-refractivity contribution in [2.24, 2.45) is 5.92 Å². The summed E-state index contributed by atoms with van der Waals surface area (Å²) in [5.74, 6) is 0.547. The molecule has 0 radical (unpaired) electrons. The molecule has 19 heavy (non-hydrogen) atoms. The lowest BCUT2D eigenvalue weighted by Gasteiger charge is -2.36. The first kappa shape index (κ1) is 14.5. The maximum Gasteiger partial charge on any atom is 0.227 e. The number of rotatable bonds is 3. The molecule has 1 amide bonds. The quantitative estimate of drug-likeness (QED) is 0.926. The number of benzene rings is 1. The Kier molecular flexibility index (Phi) is 4.02. The van der Waals surface area contributed by atoms with Crippen molar-refractivity contribution in [2.45, 2.75) is 32.7 Å². The SMILES string of the molecule is CNCC1CC(=O)N(c2ccc(C)c(Br)c2)C1(C)C. The van der Waals surface area contributed by atoms with Crippen molar-refractivity contribution in [1.29, 1.82) is 0 Å². The highest BCUT2D eigenvalue weighted by molar-refractivity contribution is 9.10. The Bertz CT molecular complexity index is 499. The summed E-state index contributed by atoms with van der Waals surface area (Å²) in [6.07, 6.45) is 0.610. The van der Waals surface area contributed by atoms with Gasteiger partial charge in [0.05, 0.1) is 0 Å². The Labute approximate surface area is 123 Å². The van der Waals surface area contributed by atoms with E-state index in [-0.39, 0.29) is 11.4 Å². The lowest BCUT2D eigenvalue weighted by molar-refractivity contribution is -0.117. The fraction of sp³-hybridized carbons (Fsp3) is 0.533. The van der Waals surface area contributed by atoms with Crippen LogP contribution in [-0.4, -0.2) is 25.0 Å². The van der Waals surface area contributed by atoms with Crippen LogP contribution in [0.1, 0.15) is 25.8 Å². The molecule has 0 aromatic heterocycles. The highest BCUT2D eigenvalue weighted by atomic mass is 79.9. The van der Waals surface area contributed by atoms with Crippen molar-refractivity contribution in [1.82, 2.24) is 5.32 Å². The number of nitrogens with zero attached hydrogens (tertiary/aromatic N) is 1. The number of carbonyl (C=O) groups excluding carboxylic acids is 1. The number of hydrogen-bond acceptors (Lipinski definition) is 2. The summed E-state index contributed by atoms with van der Waals surface area (Å²) >= 11 is 3.55. The maximum absolute atomic E-state index is 12.4. The Morgan fingerprint density at radius 2 is 2.16 bits per heavy atom. The maximum atomic E-state index is 12.4. The molecular formula is C15H21BrN2O. The van der Waals surface area contributed by atoms with E-state index in [4.69, 9.17) is 0 Å². The third-order valence-corrected chi connectivity index (χ3v) is 4.96. The molecule has 0 aliphatic carbocycles. The van der Waals surface area contributed by atoms with Gasteiger partial charge in [-0.3, -0.25) is 4.79 Å². The van der Waals surface area contributed by atoms with Crippen LogP contribution < -0.4 is 10.2 Å². The van der Waals surface area contributed by atoms with Gasteiger partial charge in [-0.2, -0.15) is 0 Å². The van der Waals surface area contributed by atoms with Crippen LogP contribution in [0.15, 0.2) is 22.7 Å². The van der Waals surface area contributed by atoms with Gasteiger partial charge in [-0.1, -0.05) is 22.0 Å². The van der Waals surface area contributed by atoms with Gasteiger partial charge in [0.2, 0.25) is 5.91 Å². The van der Waals surface area contributed by atoms with Gasteiger partial charge in [0.1, 0.15) is 0 Å². The number of hydrogen-bond donors (Lipinski definition) is 1. The summed E-state index contributed by atoms with van der Waals surface area (Å²) in [4.78, 5) is 14.3. The normalized spacial score (nSPS) is 22.1. The summed E-state index contributed by atoms with van der Waals surface area (Å²) in [5, 5.41) is 3.19. The number of carbonyl (C=O) groups is 1. The molecule has 1 heterocycles. The van der Waals surface area contributed by atoms with Crippen LogP contribution in [0.2, 0.25) is 0 Å². The molecule has 1 aliphatic rings. The summed E-state index contributed by atoms with van der Waals surface area (Å²) < 4.78 is 1.05. The minimum absolute atomic E-state index is 0.158. The highest BCUT2D eigenvalue weighted by Crippen LogP contribution is 2.39. The molecular weight excluding hydrogens is 304 g/mol. The lowest BCUT2D eigenvalue weighted by atomic mass is 9.88. The predicted molar refractivity (Wildman–Crippen MR) is 82.5 cm³/mol. The zero-order chi connectivity index (χ0) is 14.2. The topological polar surface area (TPSA) is 32.3 Å². The van der Waals surface area contributed by atoms with Gasteiger partial charge in [-0.15, -0.1) is 0 Å². The molecule has 4 heteroatoms. The third-order valence-electron chi connectivity index (χ3n) is 4.11. The van der Waals surface area contributed by atoms with Gasteiger partial charge in [-0.05, 0) is 45.5 Å². The second-order valence-corrected chi connectivity index (χ2v) is 6.63. The standard InChI is InChI=1S/C15H21BrN2O/c1-10-5-6-12(8-13(10)16)18-14(19)7-11(9-17-4)15(18,2)3/h5-6,8,11,17H,7,9H2,1-4H3. The zero-order valence-electron chi connectivity index (χ0n) is 12.0. The van der Waals surface area contributed by atoms with Crippen LogP contribution in [0.25, 0.3) is 0 Å². The van der Waals surface area contributed by atoms with E-state index in [1.165, 1.54) is 5.56 Å². The van der Waals surface area contributed by atoms with Crippen molar-refractivity contribution in [3.63, 3.8) is 0 Å². The van der Waals surface area contributed by atoms with Crippen LogP contribution in [0, 0.1) is 12.8 Å². The summed E-state index contributed by atoms with van der Waals surface area (Å²) in [6, 6.07) is 6.12. The number of nitrogens with one attached hydrogen (secondary N) is 1. The van der Waals surface area contributed by atoms with Crippen molar-refractivity contribution in [3.8, 4) is 0 Å². The number of amides is 1. The largest absolute Gasteiger partial charge is 0.319 e. The number of anilines is 1. The molecule has 0 saturated carbocycles. The smallest absolute Gasteiger partial charge is 0.227 e. The minimum Gasteiger partial charge on any atom is -0.319 e. The fourth-order valence-corrected chi connectivity index (χ4v) is 3.19. The van der Waals surface area contributed by atoms with Gasteiger partial charge >= 0.3 is 0 Å². The molecule has 0 bridgehead atoms. The molecule has 0 spiro atoms. The minimum atomic E-state index is -0.158. The van der Waals surface area contributed by atoms with Gasteiger partial charge in [0.15, 0.2) is 0 Å². The number of aryl methyl sites for hydroxylation is 1. The molecule has 1 saturated heterocycles. The molecule has 1 aromatic carbocycles. The van der Waals surface area contributed by atoms with E-state index >= 15 is 0 Å². The van der Waals surface area contributed by atoms with E-state index in [0.717, 1.165) is 16.7 Å². The molecule has 104 valence electrons. The second-order valence-electron chi connectivity index (χ2n) is 5.78. The molecule has 3 nitrogen and oxygen atoms in total. The Morgan fingerprint density at radius 1 is 1.47 bits per heavy atom. The molecule has 1 fully saturated rings. The van der Waals surface area contributed by atoms with Crippen LogP contribution in [0.4, 0.5) is 5.69 Å². The van der Waals surface area contributed by atoms with Crippen LogP contribution >= 0.6 is 15.9 Å². The summed E-state index contributed by atoms with van der Waals surface area (Å²) in [5.41, 5.74) is 2.00. The van der Waals surface area contributed by atoms with E-state index in [1.807, 2.05) is 30.1 Å². The third kappa shape index (κ3) is 2.56. The molecule has 1 aromatic rings. The van der Waals surface area contributed by atoms with E-state index in [2.05, 4.69) is 42.0 Å². The molecule has 2 rings (SSSR count). The zero-order valence-corrected chi connectivity index (χ0v) is 13.5. The van der Waals surface area contributed by atoms with Gasteiger partial charge < -0.3 is 10.2 Å². The molecule has 1 aliphatic heterocycles. The first-order valence-electron chi connectivity index (χ1n) is 6.61. The average molecular weight is 325 g/mol. The first-order chi connectivity index (χ1) is 8.87. The second kappa shape index (κ2) is 5.25. The Hall–Kier alpha value is -0.870. The van der Waals surface area contributed by atoms with Gasteiger partial charge in [0, 0.05) is 34.6 Å². The Morgan fingerprint density at radius 3 is 2.74 bits per heavy atom. The predicted octanol–water partition coefficient (Wildman–Crippen LogP) is 3.11. The van der Waals surface area contributed by atoms with E-state index in [1.54, 1.807) is 0 Å². The molecule has 1 atom stereocenters. The monoisotopic (exact) mass is 324 g/mol. The summed E-state index contributed by atoms with van der Waals surface area (Å²) in [6.45, 7) is 7.21. The summed E-state index contributed by atoms with van der Waals surface area (Å²) in [7, 11) is 1.94. The number of halogens is 1. The van der Waals surface area contributed by atoms with Gasteiger partial charge in [-0.25, -0.2) is 0 Å². The van der Waals surface area contributed by atoms with Crippen LogP contribution in [-0.2, 0) is 4.79 Å². The molecule has 1 N–H and O–H groups in total. The van der Waals surface area contributed by atoms with E-state index in [0.29, 0.717) is 12.3 Å². The van der Waals surface area contributed by atoms with E-state index in [9.17, 15) is 4.79 Å². The van der Waals surface area contributed by atoms with Crippen molar-refractivity contribution < 1.29 is 4.79 Å². The Balaban J connectivity index is 2.37. The molecule has 1 unspecified atom stereocenters. The van der Waals surface area contributed by atoms with Crippen molar-refractivity contribution in [2.75, 3.05) is 18.5 Å². The first-order valence-corrected chi connectivity index (χ1v) is 7.41. The van der Waals surface area contributed by atoms with Crippen LogP contribution in [0.5, 0.6) is 0 Å². The lowest BCUT2D eigenvalue weighted by Crippen LogP contribution is -2.46. The highest BCUT2D eigenvalue weighted by Gasteiger charge is 2.46. The van der Waals surface area contributed by atoms with Crippen molar-refractivity contribution >= 4 is 27.5 Å². The van der Waals surface area contributed by atoms with Crippen LogP contribution in [0.3, 0.4) is 0 Å². The van der Waals surface area contributed by atoms with Gasteiger partial charge in [0.25, 0.3) is 0 Å².